The first kappa shape index (κ1) is 14.7. The smallest absolute Gasteiger partial charge is 0.311 e. The molecule has 7 heteroatoms. The van der Waals surface area contributed by atoms with Crippen molar-refractivity contribution in [3.63, 3.8) is 0 Å². The Morgan fingerprint density at radius 3 is 2.65 bits per heavy atom. The third-order valence-electron chi connectivity index (χ3n) is 3.16. The summed E-state index contributed by atoms with van der Waals surface area (Å²) in [7, 11) is 0. The number of anilines is 1. The van der Waals surface area contributed by atoms with Crippen LogP contribution in [0.4, 0.5) is 18.9 Å². The van der Waals surface area contributed by atoms with E-state index in [-0.39, 0.29) is 29.5 Å². The number of hydrogen-bond donors (Lipinski definition) is 0. The van der Waals surface area contributed by atoms with Crippen LogP contribution in [0, 0.1) is 17.2 Å². The molecule has 1 fully saturated rings. The van der Waals surface area contributed by atoms with E-state index in [9.17, 15) is 18.0 Å². The number of carbonyl (C=O) groups is 1. The average molecular weight is 303 g/mol. The maximum Gasteiger partial charge on any atom is 0.416 e. The molecule has 1 aliphatic heterocycles. The zero-order valence-electron chi connectivity index (χ0n) is 10.2. The van der Waals surface area contributed by atoms with Gasteiger partial charge < -0.3 is 4.90 Å². The molecule has 1 unspecified atom stereocenters. The van der Waals surface area contributed by atoms with E-state index in [4.69, 9.17) is 16.9 Å². The van der Waals surface area contributed by atoms with Crippen LogP contribution in [0.5, 0.6) is 0 Å². The van der Waals surface area contributed by atoms with Gasteiger partial charge in [0.25, 0.3) is 0 Å². The lowest BCUT2D eigenvalue weighted by Crippen LogP contribution is -2.25. The van der Waals surface area contributed by atoms with E-state index in [1.165, 1.54) is 4.90 Å². The van der Waals surface area contributed by atoms with Crippen molar-refractivity contribution in [2.75, 3.05) is 17.3 Å². The van der Waals surface area contributed by atoms with Crippen LogP contribution in [0.1, 0.15) is 17.5 Å². The van der Waals surface area contributed by atoms with Gasteiger partial charge in [-0.05, 0) is 24.1 Å². The zero-order valence-corrected chi connectivity index (χ0v) is 11.0. The number of rotatable bonds is 2. The van der Waals surface area contributed by atoms with Gasteiger partial charge in [-0.25, -0.2) is 0 Å². The second kappa shape index (κ2) is 5.33. The molecule has 1 heterocycles. The molecule has 3 nitrogen and oxygen atoms in total. The summed E-state index contributed by atoms with van der Waals surface area (Å²) < 4.78 is 37.8. The topological polar surface area (TPSA) is 44.1 Å². The molecule has 1 aromatic rings. The summed E-state index contributed by atoms with van der Waals surface area (Å²) in [5.74, 6) is 0.0232. The standard InChI is InChI=1S/C13H10ClF3N2O/c14-5-8-3-12(20)19(7-8)11-2-1-10(13(15,16)17)4-9(11)6-18/h1-2,4,8H,3,5,7H2. The largest absolute Gasteiger partial charge is 0.416 e. The maximum atomic E-state index is 12.6. The van der Waals surface area contributed by atoms with E-state index in [1.807, 2.05) is 0 Å². The van der Waals surface area contributed by atoms with Crippen LogP contribution >= 0.6 is 11.6 Å². The van der Waals surface area contributed by atoms with Gasteiger partial charge >= 0.3 is 6.18 Å². The molecule has 1 aromatic carbocycles. The number of benzene rings is 1. The number of nitriles is 1. The van der Waals surface area contributed by atoms with E-state index >= 15 is 0 Å². The Morgan fingerprint density at radius 1 is 1.45 bits per heavy atom. The number of amides is 1. The number of alkyl halides is 4. The Bertz CT molecular complexity index is 580. The van der Waals surface area contributed by atoms with Crippen molar-refractivity contribution in [2.45, 2.75) is 12.6 Å². The fourth-order valence-electron chi connectivity index (χ4n) is 2.16. The summed E-state index contributed by atoms with van der Waals surface area (Å²) >= 11 is 5.69. The van der Waals surface area contributed by atoms with Crippen molar-refractivity contribution >= 4 is 23.2 Å². The molecule has 2 rings (SSSR count). The molecule has 0 N–H and O–H groups in total. The first-order valence-electron chi connectivity index (χ1n) is 5.84. The molecular weight excluding hydrogens is 293 g/mol. The fraction of sp³-hybridized carbons (Fsp3) is 0.385. The number of halogens is 4. The lowest BCUT2D eigenvalue weighted by atomic mass is 10.1. The Balaban J connectivity index is 2.39. The first-order valence-corrected chi connectivity index (χ1v) is 6.38. The minimum atomic E-state index is -4.52. The fourth-order valence-corrected chi connectivity index (χ4v) is 2.36. The number of carbonyl (C=O) groups excluding carboxylic acids is 1. The minimum Gasteiger partial charge on any atom is -0.311 e. The van der Waals surface area contributed by atoms with Gasteiger partial charge in [-0.3, -0.25) is 4.79 Å². The Hall–Kier alpha value is -1.74. The SMILES string of the molecule is N#Cc1cc(C(F)(F)F)ccc1N1CC(CCl)CC1=O. The van der Waals surface area contributed by atoms with E-state index in [1.54, 1.807) is 6.07 Å². The van der Waals surface area contributed by atoms with Crippen molar-refractivity contribution in [1.29, 1.82) is 5.26 Å². The molecule has 0 aromatic heterocycles. The summed E-state index contributed by atoms with van der Waals surface area (Å²) in [5.41, 5.74) is -0.861. The molecule has 0 spiro atoms. The van der Waals surface area contributed by atoms with Crippen molar-refractivity contribution in [3.05, 3.63) is 29.3 Å². The minimum absolute atomic E-state index is 0.0435. The lowest BCUT2D eigenvalue weighted by Gasteiger charge is -2.19. The normalized spacial score (nSPS) is 19.2. The molecule has 0 radical (unpaired) electrons. The first-order chi connectivity index (χ1) is 9.36. The molecule has 20 heavy (non-hydrogen) atoms. The molecule has 0 saturated carbocycles. The van der Waals surface area contributed by atoms with Gasteiger partial charge in [0, 0.05) is 18.8 Å². The summed E-state index contributed by atoms with van der Waals surface area (Å²) in [5, 5.41) is 9.00. The zero-order chi connectivity index (χ0) is 14.9. The van der Waals surface area contributed by atoms with Gasteiger partial charge in [0.2, 0.25) is 5.91 Å². The predicted octanol–water partition coefficient (Wildman–Crippen LogP) is 3.17. The second-order valence-corrected chi connectivity index (χ2v) is 4.88. The highest BCUT2D eigenvalue weighted by molar-refractivity contribution is 6.18. The van der Waals surface area contributed by atoms with Gasteiger partial charge in [-0.2, -0.15) is 18.4 Å². The molecule has 0 bridgehead atoms. The molecule has 1 aliphatic rings. The molecule has 1 amide bonds. The number of hydrogen-bond acceptors (Lipinski definition) is 2. The van der Waals surface area contributed by atoms with Gasteiger partial charge in [0.15, 0.2) is 0 Å². The molecule has 1 saturated heterocycles. The van der Waals surface area contributed by atoms with Gasteiger partial charge in [-0.15, -0.1) is 11.6 Å². The third kappa shape index (κ3) is 2.73. The van der Waals surface area contributed by atoms with Crippen molar-refractivity contribution in [1.82, 2.24) is 0 Å². The molecule has 0 aliphatic carbocycles. The molecule has 1 atom stereocenters. The Kier molecular flexibility index (Phi) is 3.91. The third-order valence-corrected chi connectivity index (χ3v) is 3.59. The Morgan fingerprint density at radius 2 is 2.15 bits per heavy atom. The van der Waals surface area contributed by atoms with E-state index in [0.29, 0.717) is 12.4 Å². The van der Waals surface area contributed by atoms with Crippen molar-refractivity contribution < 1.29 is 18.0 Å². The predicted molar refractivity (Wildman–Crippen MR) is 67.3 cm³/mol. The highest BCUT2D eigenvalue weighted by Crippen LogP contribution is 2.34. The summed E-state index contributed by atoms with van der Waals surface area (Å²) in [6, 6.07) is 4.51. The number of nitrogens with zero attached hydrogens (tertiary/aromatic N) is 2. The van der Waals surface area contributed by atoms with Crippen LogP contribution in [0.15, 0.2) is 18.2 Å². The van der Waals surface area contributed by atoms with Gasteiger partial charge in [-0.1, -0.05) is 0 Å². The van der Waals surface area contributed by atoms with Crippen LogP contribution in [0.3, 0.4) is 0 Å². The second-order valence-electron chi connectivity index (χ2n) is 4.57. The molecule has 106 valence electrons. The van der Waals surface area contributed by atoms with Crippen LogP contribution in [0.25, 0.3) is 0 Å². The van der Waals surface area contributed by atoms with Crippen LogP contribution in [0.2, 0.25) is 0 Å². The molecular formula is C13H10ClF3N2O. The van der Waals surface area contributed by atoms with Crippen LogP contribution < -0.4 is 4.90 Å². The average Bonchev–Trinajstić information content (AvgIpc) is 2.78. The summed E-state index contributed by atoms with van der Waals surface area (Å²) in [6.45, 7) is 0.322. The van der Waals surface area contributed by atoms with Gasteiger partial charge in [0.05, 0.1) is 16.8 Å². The van der Waals surface area contributed by atoms with E-state index < -0.39 is 11.7 Å². The highest BCUT2D eigenvalue weighted by Gasteiger charge is 2.34. The Labute approximate surface area is 118 Å². The van der Waals surface area contributed by atoms with Crippen LogP contribution in [-0.2, 0) is 11.0 Å². The summed E-state index contributed by atoms with van der Waals surface area (Å²) in [6.07, 6.45) is -4.27. The van der Waals surface area contributed by atoms with E-state index in [0.717, 1.165) is 18.2 Å². The lowest BCUT2D eigenvalue weighted by molar-refractivity contribution is -0.137. The van der Waals surface area contributed by atoms with Gasteiger partial charge in [0.1, 0.15) is 6.07 Å². The maximum absolute atomic E-state index is 12.6. The summed E-state index contributed by atoms with van der Waals surface area (Å²) in [4.78, 5) is 13.2. The van der Waals surface area contributed by atoms with Crippen LogP contribution in [-0.4, -0.2) is 18.3 Å². The van der Waals surface area contributed by atoms with E-state index in [2.05, 4.69) is 0 Å². The highest BCUT2D eigenvalue weighted by atomic mass is 35.5. The van der Waals surface area contributed by atoms with Crippen molar-refractivity contribution in [2.24, 2.45) is 5.92 Å². The van der Waals surface area contributed by atoms with Crippen molar-refractivity contribution in [3.8, 4) is 6.07 Å². The quantitative estimate of drug-likeness (QED) is 0.788. The monoisotopic (exact) mass is 302 g/mol.